The molecule has 2 aromatic carbocycles. The summed E-state index contributed by atoms with van der Waals surface area (Å²) in [6.07, 6.45) is 0.321. The number of ether oxygens (including phenoxy) is 2. The van der Waals surface area contributed by atoms with Crippen molar-refractivity contribution in [3.8, 4) is 11.5 Å². The van der Waals surface area contributed by atoms with Crippen LogP contribution in [0, 0.1) is 18.6 Å². The average molecular weight is 428 g/mol. The van der Waals surface area contributed by atoms with Crippen LogP contribution >= 0.6 is 0 Å². The van der Waals surface area contributed by atoms with E-state index < -0.39 is 11.6 Å². The summed E-state index contributed by atoms with van der Waals surface area (Å²) < 4.78 is 44.9. The van der Waals surface area contributed by atoms with Crippen molar-refractivity contribution in [3.05, 3.63) is 59.2 Å². The molecule has 0 saturated carbocycles. The molecule has 0 radical (unpaired) electrons. The van der Waals surface area contributed by atoms with Gasteiger partial charge in [-0.15, -0.1) is 0 Å². The van der Waals surface area contributed by atoms with Gasteiger partial charge in [-0.05, 0) is 24.6 Å². The van der Waals surface area contributed by atoms with Crippen molar-refractivity contribution in [3.63, 3.8) is 0 Å². The Morgan fingerprint density at radius 1 is 1.19 bits per heavy atom. The van der Waals surface area contributed by atoms with E-state index in [1.165, 1.54) is 6.07 Å². The summed E-state index contributed by atoms with van der Waals surface area (Å²) in [7, 11) is 0. The van der Waals surface area contributed by atoms with Gasteiger partial charge in [-0.25, -0.2) is 8.78 Å². The van der Waals surface area contributed by atoms with Gasteiger partial charge in [-0.2, -0.15) is 4.98 Å². The molecule has 2 aliphatic rings. The number of hydrogen-bond donors (Lipinski definition) is 1. The Hall–Kier alpha value is -3.69. The van der Waals surface area contributed by atoms with Crippen molar-refractivity contribution in [2.24, 2.45) is 0 Å². The van der Waals surface area contributed by atoms with Crippen LogP contribution in [-0.4, -0.2) is 35.3 Å². The lowest BCUT2D eigenvalue weighted by Crippen LogP contribution is -2.44. The molecule has 31 heavy (non-hydrogen) atoms. The van der Waals surface area contributed by atoms with Crippen LogP contribution in [-0.2, 0) is 17.8 Å². The van der Waals surface area contributed by atoms with Gasteiger partial charge in [0, 0.05) is 18.7 Å². The summed E-state index contributed by atoms with van der Waals surface area (Å²) in [4.78, 5) is 17.7. The van der Waals surface area contributed by atoms with Crippen molar-refractivity contribution >= 4 is 17.3 Å². The summed E-state index contributed by atoms with van der Waals surface area (Å²) in [5.74, 6) is -0.0909. The van der Waals surface area contributed by atoms with Crippen molar-refractivity contribution in [2.45, 2.75) is 25.9 Å². The van der Waals surface area contributed by atoms with Gasteiger partial charge < -0.3 is 24.2 Å². The largest absolute Gasteiger partial charge is 0.489 e. The van der Waals surface area contributed by atoms with Gasteiger partial charge in [0.15, 0.2) is 18.2 Å². The molecule has 5 rings (SSSR count). The van der Waals surface area contributed by atoms with Crippen molar-refractivity contribution in [2.75, 3.05) is 23.4 Å². The number of aromatic nitrogens is 2. The van der Waals surface area contributed by atoms with E-state index in [1.54, 1.807) is 24.0 Å². The maximum absolute atomic E-state index is 14.8. The standard InChI is InChI=1S/C21H18F2N4O4/c1-11-24-20(31-26-11)7-14-9-29-18-6-13(22)5-15(23)21(18)27(14)8-12-2-3-17-16(4-12)25-19(28)10-30-17/h2-6,14H,7-10H2,1H3,(H,25,28). The molecule has 1 unspecified atom stereocenters. The zero-order valence-corrected chi connectivity index (χ0v) is 16.5. The molecule has 1 atom stereocenters. The molecule has 2 aliphatic heterocycles. The number of amides is 1. The Balaban J connectivity index is 1.50. The quantitative estimate of drug-likeness (QED) is 0.683. The van der Waals surface area contributed by atoms with Crippen LogP contribution in [0.3, 0.4) is 0 Å². The van der Waals surface area contributed by atoms with Gasteiger partial charge in [-0.3, -0.25) is 4.79 Å². The molecule has 3 heterocycles. The van der Waals surface area contributed by atoms with E-state index >= 15 is 0 Å². The number of carbonyl (C=O) groups is 1. The molecule has 1 aromatic heterocycles. The lowest BCUT2D eigenvalue weighted by atomic mass is 10.1. The monoisotopic (exact) mass is 428 g/mol. The zero-order chi connectivity index (χ0) is 21.5. The first kappa shape index (κ1) is 19.3. The van der Waals surface area contributed by atoms with Crippen LogP contribution in [0.2, 0.25) is 0 Å². The SMILES string of the molecule is Cc1noc(CC2COc3cc(F)cc(F)c3N2Cc2ccc3c(c2)NC(=O)CO3)n1. The van der Waals surface area contributed by atoms with E-state index in [1.807, 2.05) is 6.07 Å². The number of nitrogens with one attached hydrogen (secondary N) is 1. The van der Waals surface area contributed by atoms with E-state index in [0.717, 1.165) is 11.6 Å². The molecule has 1 amide bonds. The van der Waals surface area contributed by atoms with Gasteiger partial charge in [-0.1, -0.05) is 11.2 Å². The second-order valence-corrected chi connectivity index (χ2v) is 7.43. The highest BCUT2D eigenvalue weighted by atomic mass is 19.1. The molecule has 0 fully saturated rings. The van der Waals surface area contributed by atoms with Gasteiger partial charge in [0.05, 0.1) is 18.2 Å². The molecule has 8 nitrogen and oxygen atoms in total. The summed E-state index contributed by atoms with van der Waals surface area (Å²) in [5.41, 5.74) is 1.51. The number of nitrogens with zero attached hydrogens (tertiary/aromatic N) is 3. The van der Waals surface area contributed by atoms with Gasteiger partial charge in [0.1, 0.15) is 29.6 Å². The number of rotatable bonds is 4. The van der Waals surface area contributed by atoms with E-state index in [0.29, 0.717) is 29.6 Å². The minimum atomic E-state index is -0.726. The third kappa shape index (κ3) is 3.76. The van der Waals surface area contributed by atoms with Gasteiger partial charge in [0.2, 0.25) is 5.89 Å². The van der Waals surface area contributed by atoms with Crippen LogP contribution in [0.15, 0.2) is 34.9 Å². The molecule has 0 spiro atoms. The van der Waals surface area contributed by atoms with Gasteiger partial charge in [0.25, 0.3) is 5.91 Å². The Labute approximate surface area is 175 Å². The first-order valence-corrected chi connectivity index (χ1v) is 9.69. The van der Waals surface area contributed by atoms with Gasteiger partial charge >= 0.3 is 0 Å². The highest BCUT2D eigenvalue weighted by Gasteiger charge is 2.33. The molecular weight excluding hydrogens is 410 g/mol. The van der Waals surface area contributed by atoms with Crippen LogP contribution < -0.4 is 19.7 Å². The first-order valence-electron chi connectivity index (χ1n) is 9.69. The highest BCUT2D eigenvalue weighted by Crippen LogP contribution is 2.39. The lowest BCUT2D eigenvalue weighted by molar-refractivity contribution is -0.118. The molecule has 0 aliphatic carbocycles. The third-order valence-corrected chi connectivity index (χ3v) is 5.16. The second-order valence-electron chi connectivity index (χ2n) is 7.43. The van der Waals surface area contributed by atoms with E-state index in [9.17, 15) is 13.6 Å². The van der Waals surface area contributed by atoms with E-state index in [4.69, 9.17) is 14.0 Å². The highest BCUT2D eigenvalue weighted by molar-refractivity contribution is 5.95. The Kier molecular flexibility index (Phi) is 4.68. The number of carbonyl (C=O) groups excluding carboxylic acids is 1. The van der Waals surface area contributed by atoms with Crippen molar-refractivity contribution < 1.29 is 27.6 Å². The zero-order valence-electron chi connectivity index (χ0n) is 16.5. The number of fused-ring (bicyclic) bond motifs is 2. The molecule has 3 aromatic rings. The number of halogens is 2. The summed E-state index contributed by atoms with van der Waals surface area (Å²) in [5, 5.41) is 6.56. The minimum Gasteiger partial charge on any atom is -0.489 e. The second kappa shape index (κ2) is 7.53. The number of aryl methyl sites for hydroxylation is 1. The molecule has 10 heteroatoms. The predicted octanol–water partition coefficient (Wildman–Crippen LogP) is 3.00. The fourth-order valence-corrected chi connectivity index (χ4v) is 3.82. The van der Waals surface area contributed by atoms with Crippen LogP contribution in [0.1, 0.15) is 17.3 Å². The fourth-order valence-electron chi connectivity index (χ4n) is 3.82. The normalized spacial score (nSPS) is 17.3. The number of anilines is 2. The van der Waals surface area contributed by atoms with E-state index in [-0.39, 0.29) is 43.1 Å². The maximum Gasteiger partial charge on any atom is 0.262 e. The molecule has 1 N–H and O–H groups in total. The molecular formula is C21H18F2N4O4. The average Bonchev–Trinajstić information content (AvgIpc) is 3.13. The molecule has 0 bridgehead atoms. The van der Waals surface area contributed by atoms with Crippen molar-refractivity contribution in [1.29, 1.82) is 0 Å². The summed E-state index contributed by atoms with van der Waals surface area (Å²) in [6.45, 7) is 2.14. The number of hydrogen-bond acceptors (Lipinski definition) is 7. The molecule has 0 saturated heterocycles. The Morgan fingerprint density at radius 3 is 2.87 bits per heavy atom. The van der Waals surface area contributed by atoms with Crippen LogP contribution in [0.4, 0.5) is 20.2 Å². The summed E-state index contributed by atoms with van der Waals surface area (Å²) >= 11 is 0. The third-order valence-electron chi connectivity index (χ3n) is 5.16. The van der Waals surface area contributed by atoms with E-state index in [2.05, 4.69) is 15.5 Å². The predicted molar refractivity (Wildman–Crippen MR) is 105 cm³/mol. The lowest BCUT2D eigenvalue weighted by Gasteiger charge is -2.38. The smallest absolute Gasteiger partial charge is 0.262 e. The number of benzene rings is 2. The summed E-state index contributed by atoms with van der Waals surface area (Å²) in [6, 6.07) is 7.02. The first-order chi connectivity index (χ1) is 15.0. The topological polar surface area (TPSA) is 89.7 Å². The van der Waals surface area contributed by atoms with Crippen molar-refractivity contribution in [1.82, 2.24) is 10.1 Å². The Morgan fingerprint density at radius 2 is 2.06 bits per heavy atom. The van der Waals surface area contributed by atoms with Crippen LogP contribution in [0.25, 0.3) is 0 Å². The Bertz CT molecular complexity index is 1170. The minimum absolute atomic E-state index is 0.0361. The maximum atomic E-state index is 14.8. The van der Waals surface area contributed by atoms with Crippen LogP contribution in [0.5, 0.6) is 11.5 Å². The fraction of sp³-hybridized carbons (Fsp3) is 0.286. The molecule has 160 valence electrons.